The van der Waals surface area contributed by atoms with Crippen LogP contribution in [0, 0.1) is 0 Å². The van der Waals surface area contributed by atoms with Gasteiger partial charge in [0.1, 0.15) is 6.04 Å². The fourth-order valence-electron chi connectivity index (χ4n) is 4.07. The number of aromatic amines is 1. The highest BCUT2D eigenvalue weighted by molar-refractivity contribution is 5.87. The first-order valence-corrected chi connectivity index (χ1v) is 10.0. The van der Waals surface area contributed by atoms with Crippen molar-refractivity contribution in [2.75, 3.05) is 6.61 Å². The highest BCUT2D eigenvalue weighted by Crippen LogP contribution is 2.36. The van der Waals surface area contributed by atoms with Gasteiger partial charge in [-0.25, -0.2) is 0 Å². The summed E-state index contributed by atoms with van der Waals surface area (Å²) in [6, 6.07) is 16.6. The molecule has 0 aliphatic carbocycles. The number of benzene rings is 2. The van der Waals surface area contributed by atoms with Gasteiger partial charge in [-0.1, -0.05) is 63.2 Å². The molecule has 0 unspecified atom stereocenters. The Morgan fingerprint density at radius 2 is 1.82 bits per heavy atom. The first-order valence-electron chi connectivity index (χ1n) is 10.0. The van der Waals surface area contributed by atoms with Crippen molar-refractivity contribution >= 4 is 16.9 Å². The molecule has 0 fully saturated rings. The van der Waals surface area contributed by atoms with Gasteiger partial charge in [-0.2, -0.15) is 0 Å². The lowest BCUT2D eigenvalue weighted by Gasteiger charge is -2.31. The van der Waals surface area contributed by atoms with E-state index >= 15 is 0 Å². The number of hydrogen-bond donors (Lipinski definition) is 2. The van der Waals surface area contributed by atoms with Gasteiger partial charge >= 0.3 is 5.97 Å². The summed E-state index contributed by atoms with van der Waals surface area (Å²) in [6.45, 7) is 8.89. The molecule has 0 saturated carbocycles. The Labute approximate surface area is 166 Å². The lowest BCUT2D eigenvalue weighted by molar-refractivity contribution is -0.146. The van der Waals surface area contributed by atoms with E-state index in [-0.39, 0.29) is 23.5 Å². The van der Waals surface area contributed by atoms with Gasteiger partial charge in [0.05, 0.1) is 12.6 Å². The Kier molecular flexibility index (Phi) is 4.76. The smallest absolute Gasteiger partial charge is 0.323 e. The standard InChI is InChI=1S/C24H28N2O2/c1-5-28-23(27)20-14-18-17-8-6-7-9-19(17)25-22(18)21(26-20)15-10-12-16(13-11-15)24(2,3)4/h6-13,20-21,25-26H,5,14H2,1-4H3/t20-,21+/m0/s1. The second-order valence-corrected chi connectivity index (χ2v) is 8.54. The summed E-state index contributed by atoms with van der Waals surface area (Å²) in [5.74, 6) is -0.185. The number of carbonyl (C=O) groups is 1. The Balaban J connectivity index is 1.78. The van der Waals surface area contributed by atoms with E-state index < -0.39 is 0 Å². The lowest BCUT2D eigenvalue weighted by Crippen LogP contribution is -2.45. The molecule has 0 amide bonds. The molecule has 0 radical (unpaired) electrons. The van der Waals surface area contributed by atoms with Gasteiger partial charge < -0.3 is 9.72 Å². The van der Waals surface area contributed by atoms with E-state index in [1.165, 1.54) is 16.5 Å². The number of nitrogens with one attached hydrogen (secondary N) is 2. The number of fused-ring (bicyclic) bond motifs is 3. The van der Waals surface area contributed by atoms with Crippen LogP contribution in [0.4, 0.5) is 0 Å². The van der Waals surface area contributed by atoms with Crippen molar-refractivity contribution in [3.63, 3.8) is 0 Å². The maximum Gasteiger partial charge on any atom is 0.323 e. The van der Waals surface area contributed by atoms with Crippen LogP contribution < -0.4 is 5.32 Å². The molecular weight excluding hydrogens is 348 g/mol. The summed E-state index contributed by atoms with van der Waals surface area (Å²) in [6.07, 6.45) is 0.634. The van der Waals surface area contributed by atoms with Crippen LogP contribution in [0.2, 0.25) is 0 Å². The zero-order chi connectivity index (χ0) is 19.9. The van der Waals surface area contributed by atoms with E-state index in [2.05, 4.69) is 67.5 Å². The van der Waals surface area contributed by atoms with E-state index in [9.17, 15) is 4.79 Å². The van der Waals surface area contributed by atoms with E-state index in [0.717, 1.165) is 16.8 Å². The molecule has 4 nitrogen and oxygen atoms in total. The van der Waals surface area contributed by atoms with Crippen molar-refractivity contribution < 1.29 is 9.53 Å². The summed E-state index contributed by atoms with van der Waals surface area (Å²) in [5, 5.41) is 4.71. The first-order chi connectivity index (χ1) is 13.4. The molecule has 146 valence electrons. The third-order valence-electron chi connectivity index (χ3n) is 5.59. The molecule has 2 N–H and O–H groups in total. The molecule has 4 heteroatoms. The minimum atomic E-state index is -0.348. The summed E-state index contributed by atoms with van der Waals surface area (Å²) < 4.78 is 5.32. The molecule has 0 spiro atoms. The topological polar surface area (TPSA) is 54.1 Å². The Morgan fingerprint density at radius 3 is 2.50 bits per heavy atom. The highest BCUT2D eigenvalue weighted by atomic mass is 16.5. The molecule has 4 rings (SSSR count). The van der Waals surface area contributed by atoms with Crippen LogP contribution in [-0.4, -0.2) is 23.6 Å². The molecule has 1 aliphatic heterocycles. The molecule has 0 bridgehead atoms. The fraction of sp³-hybridized carbons (Fsp3) is 0.375. The fourth-order valence-corrected chi connectivity index (χ4v) is 4.07. The van der Waals surface area contributed by atoms with Crippen LogP contribution in [0.5, 0.6) is 0 Å². The number of H-pyrrole nitrogens is 1. The average molecular weight is 377 g/mol. The lowest BCUT2D eigenvalue weighted by atomic mass is 9.85. The van der Waals surface area contributed by atoms with Crippen LogP contribution in [0.1, 0.15) is 56.1 Å². The number of aromatic nitrogens is 1. The van der Waals surface area contributed by atoms with Crippen LogP contribution in [0.25, 0.3) is 10.9 Å². The SMILES string of the molecule is CCOC(=O)[C@@H]1Cc2c([nH]c3ccccc23)[C@@H](c2ccc(C(C)(C)C)cc2)N1. The number of esters is 1. The van der Waals surface area contributed by atoms with Gasteiger partial charge in [0.2, 0.25) is 0 Å². The van der Waals surface area contributed by atoms with Crippen LogP contribution in [0.15, 0.2) is 48.5 Å². The molecule has 2 atom stereocenters. The normalized spacial score (nSPS) is 19.4. The highest BCUT2D eigenvalue weighted by Gasteiger charge is 2.34. The largest absolute Gasteiger partial charge is 0.465 e. The second kappa shape index (κ2) is 7.10. The quantitative estimate of drug-likeness (QED) is 0.655. The molecule has 2 aromatic carbocycles. The zero-order valence-corrected chi connectivity index (χ0v) is 17.0. The third-order valence-corrected chi connectivity index (χ3v) is 5.59. The number of carbonyl (C=O) groups excluding carboxylic acids is 1. The summed E-state index contributed by atoms with van der Waals surface area (Å²) in [5.41, 5.74) is 6.01. The van der Waals surface area contributed by atoms with Crippen molar-refractivity contribution in [3.05, 3.63) is 70.9 Å². The van der Waals surface area contributed by atoms with Crippen molar-refractivity contribution in [1.82, 2.24) is 10.3 Å². The summed E-state index contributed by atoms with van der Waals surface area (Å²) >= 11 is 0. The van der Waals surface area contributed by atoms with Crippen molar-refractivity contribution in [3.8, 4) is 0 Å². The van der Waals surface area contributed by atoms with Crippen LogP contribution >= 0.6 is 0 Å². The third kappa shape index (κ3) is 3.33. The predicted molar refractivity (Wildman–Crippen MR) is 113 cm³/mol. The van der Waals surface area contributed by atoms with Gasteiger partial charge in [-0.05, 0) is 35.1 Å². The van der Waals surface area contributed by atoms with Gasteiger partial charge in [0.25, 0.3) is 0 Å². The average Bonchev–Trinajstić information content (AvgIpc) is 3.05. The molecule has 28 heavy (non-hydrogen) atoms. The maximum absolute atomic E-state index is 12.5. The number of para-hydroxylation sites is 1. The molecule has 1 aromatic heterocycles. The van der Waals surface area contributed by atoms with Gasteiger partial charge in [-0.15, -0.1) is 0 Å². The predicted octanol–water partition coefficient (Wildman–Crippen LogP) is 4.63. The van der Waals surface area contributed by atoms with E-state index in [1.54, 1.807) is 0 Å². The van der Waals surface area contributed by atoms with Gasteiger partial charge in [0, 0.05) is 23.0 Å². The minimum Gasteiger partial charge on any atom is -0.465 e. The van der Waals surface area contributed by atoms with Gasteiger partial charge in [0.15, 0.2) is 0 Å². The summed E-state index contributed by atoms with van der Waals surface area (Å²) in [7, 11) is 0. The van der Waals surface area contributed by atoms with Crippen molar-refractivity contribution in [2.24, 2.45) is 0 Å². The zero-order valence-electron chi connectivity index (χ0n) is 17.0. The monoisotopic (exact) mass is 376 g/mol. The van der Waals surface area contributed by atoms with E-state index in [4.69, 9.17) is 4.74 Å². The maximum atomic E-state index is 12.5. The Bertz CT molecular complexity index is 996. The number of rotatable bonds is 3. The summed E-state index contributed by atoms with van der Waals surface area (Å²) in [4.78, 5) is 16.1. The number of hydrogen-bond acceptors (Lipinski definition) is 3. The second-order valence-electron chi connectivity index (χ2n) is 8.54. The molecular formula is C24H28N2O2. The first kappa shape index (κ1) is 18.8. The molecule has 2 heterocycles. The Morgan fingerprint density at radius 1 is 1.11 bits per heavy atom. The van der Waals surface area contributed by atoms with Gasteiger partial charge in [-0.3, -0.25) is 10.1 Å². The Hall–Kier alpha value is -2.59. The molecule has 0 saturated heterocycles. The van der Waals surface area contributed by atoms with E-state index in [1.807, 2.05) is 19.1 Å². The van der Waals surface area contributed by atoms with Crippen molar-refractivity contribution in [1.29, 1.82) is 0 Å². The number of ether oxygens (including phenoxy) is 1. The van der Waals surface area contributed by atoms with Crippen LogP contribution in [0.3, 0.4) is 0 Å². The van der Waals surface area contributed by atoms with Crippen molar-refractivity contribution in [2.45, 2.75) is 51.6 Å². The molecule has 3 aromatic rings. The molecule has 1 aliphatic rings. The van der Waals surface area contributed by atoms with Crippen LogP contribution in [-0.2, 0) is 21.4 Å². The minimum absolute atomic E-state index is 0.0698. The van der Waals surface area contributed by atoms with E-state index in [0.29, 0.717) is 13.0 Å².